The van der Waals surface area contributed by atoms with Gasteiger partial charge in [0, 0.05) is 37.9 Å². The first kappa shape index (κ1) is 19.4. The van der Waals surface area contributed by atoms with Crippen molar-refractivity contribution in [3.63, 3.8) is 0 Å². The fraction of sp³-hybridized carbons (Fsp3) is 0.810. The third-order valence-electron chi connectivity index (χ3n) is 6.67. The molecule has 7 nitrogen and oxygen atoms in total. The first-order valence-corrected chi connectivity index (χ1v) is 11.2. The second-order valence-electron chi connectivity index (χ2n) is 8.67. The van der Waals surface area contributed by atoms with Gasteiger partial charge in [-0.1, -0.05) is 25.7 Å². The van der Waals surface area contributed by atoms with Crippen molar-refractivity contribution in [2.75, 3.05) is 19.6 Å². The molecule has 1 saturated heterocycles. The van der Waals surface area contributed by atoms with Crippen molar-refractivity contribution in [1.82, 2.24) is 25.0 Å². The van der Waals surface area contributed by atoms with Gasteiger partial charge >= 0.3 is 0 Å². The Bertz CT molecular complexity index is 695. The van der Waals surface area contributed by atoms with Crippen LogP contribution in [0.2, 0.25) is 0 Å². The monoisotopic (exact) mass is 387 g/mol. The summed E-state index contributed by atoms with van der Waals surface area (Å²) in [6.07, 6.45) is 12.1. The Hall–Kier alpha value is -1.92. The van der Waals surface area contributed by atoms with Crippen molar-refractivity contribution in [3.8, 4) is 0 Å². The fourth-order valence-electron chi connectivity index (χ4n) is 5.01. The SMILES string of the molecule is O=C(NCC(=O)N1CCC[C@H](c2nnc3n2CCCCC3)C1)C1CCCCC1. The average molecular weight is 388 g/mol. The zero-order valence-corrected chi connectivity index (χ0v) is 16.9. The van der Waals surface area contributed by atoms with E-state index >= 15 is 0 Å². The van der Waals surface area contributed by atoms with Crippen LogP contribution in [0.3, 0.4) is 0 Å². The van der Waals surface area contributed by atoms with E-state index in [2.05, 4.69) is 20.1 Å². The fourth-order valence-corrected chi connectivity index (χ4v) is 5.01. The molecule has 2 amide bonds. The second-order valence-corrected chi connectivity index (χ2v) is 8.67. The van der Waals surface area contributed by atoms with Crippen LogP contribution in [0.4, 0.5) is 0 Å². The van der Waals surface area contributed by atoms with E-state index in [1.54, 1.807) is 0 Å². The minimum Gasteiger partial charge on any atom is -0.347 e. The molecule has 2 fully saturated rings. The van der Waals surface area contributed by atoms with Crippen LogP contribution in [0, 0.1) is 5.92 Å². The molecule has 0 aromatic carbocycles. The minimum atomic E-state index is 0.0319. The molecule has 2 aliphatic heterocycles. The Kier molecular flexibility index (Phi) is 6.27. The number of fused-ring (bicyclic) bond motifs is 1. The number of carbonyl (C=O) groups is 2. The van der Waals surface area contributed by atoms with Gasteiger partial charge in [0.05, 0.1) is 6.54 Å². The summed E-state index contributed by atoms with van der Waals surface area (Å²) in [6, 6.07) is 0. The van der Waals surface area contributed by atoms with Crippen LogP contribution in [-0.2, 0) is 22.6 Å². The van der Waals surface area contributed by atoms with Gasteiger partial charge in [0.15, 0.2) is 0 Å². The van der Waals surface area contributed by atoms with Crippen LogP contribution in [0.5, 0.6) is 0 Å². The largest absolute Gasteiger partial charge is 0.347 e. The van der Waals surface area contributed by atoms with E-state index in [4.69, 9.17) is 0 Å². The van der Waals surface area contributed by atoms with Crippen molar-refractivity contribution in [3.05, 3.63) is 11.6 Å². The summed E-state index contributed by atoms with van der Waals surface area (Å²) in [4.78, 5) is 26.9. The van der Waals surface area contributed by atoms with E-state index in [9.17, 15) is 9.59 Å². The van der Waals surface area contributed by atoms with Crippen LogP contribution in [0.15, 0.2) is 0 Å². The van der Waals surface area contributed by atoms with Crippen molar-refractivity contribution in [2.24, 2.45) is 5.92 Å². The van der Waals surface area contributed by atoms with Crippen LogP contribution in [0.1, 0.15) is 81.8 Å². The van der Waals surface area contributed by atoms with Crippen molar-refractivity contribution in [2.45, 2.75) is 83.1 Å². The molecule has 1 atom stereocenters. The summed E-state index contributed by atoms with van der Waals surface area (Å²) < 4.78 is 2.30. The molecular formula is C21H33N5O2. The molecule has 0 bridgehead atoms. The lowest BCUT2D eigenvalue weighted by Gasteiger charge is -2.32. The van der Waals surface area contributed by atoms with Crippen molar-refractivity contribution >= 4 is 11.8 Å². The summed E-state index contributed by atoms with van der Waals surface area (Å²) in [6.45, 7) is 2.59. The van der Waals surface area contributed by atoms with Gasteiger partial charge in [-0.15, -0.1) is 10.2 Å². The van der Waals surface area contributed by atoms with E-state index in [0.717, 1.165) is 69.7 Å². The Morgan fingerprint density at radius 1 is 0.929 bits per heavy atom. The molecule has 1 N–H and O–H groups in total. The number of hydrogen-bond acceptors (Lipinski definition) is 4. The summed E-state index contributed by atoms with van der Waals surface area (Å²) in [7, 11) is 0. The highest BCUT2D eigenvalue weighted by Gasteiger charge is 2.30. The van der Waals surface area contributed by atoms with Crippen molar-refractivity contribution < 1.29 is 9.59 Å². The number of piperidine rings is 1. The van der Waals surface area contributed by atoms with E-state index in [0.29, 0.717) is 6.54 Å². The first-order chi connectivity index (χ1) is 13.7. The molecule has 1 aliphatic carbocycles. The number of nitrogens with zero attached hydrogens (tertiary/aromatic N) is 4. The van der Waals surface area contributed by atoms with Gasteiger partial charge in [-0.05, 0) is 38.5 Å². The van der Waals surface area contributed by atoms with Crippen LogP contribution in [-0.4, -0.2) is 51.1 Å². The minimum absolute atomic E-state index is 0.0319. The third-order valence-corrected chi connectivity index (χ3v) is 6.67. The second kappa shape index (κ2) is 9.05. The third kappa shape index (κ3) is 4.39. The molecule has 154 valence electrons. The normalized spacial score (nSPS) is 23.7. The Balaban J connectivity index is 1.33. The number of carbonyl (C=O) groups excluding carboxylic acids is 2. The van der Waals surface area contributed by atoms with Crippen LogP contribution < -0.4 is 5.32 Å². The first-order valence-electron chi connectivity index (χ1n) is 11.2. The molecule has 1 aromatic rings. The molecule has 0 radical (unpaired) electrons. The molecule has 1 aromatic heterocycles. The lowest BCUT2D eigenvalue weighted by molar-refractivity contribution is -0.135. The van der Waals surface area contributed by atoms with Gasteiger partial charge in [0.2, 0.25) is 11.8 Å². The lowest BCUT2D eigenvalue weighted by atomic mass is 9.89. The number of amides is 2. The summed E-state index contributed by atoms with van der Waals surface area (Å²) in [5.41, 5.74) is 0. The lowest BCUT2D eigenvalue weighted by Crippen LogP contribution is -2.46. The van der Waals surface area contributed by atoms with Gasteiger partial charge in [-0.2, -0.15) is 0 Å². The highest BCUT2D eigenvalue weighted by Crippen LogP contribution is 2.28. The maximum atomic E-state index is 12.7. The van der Waals surface area contributed by atoms with Gasteiger partial charge < -0.3 is 14.8 Å². The number of nitrogens with one attached hydrogen (secondary N) is 1. The van der Waals surface area contributed by atoms with Crippen LogP contribution in [0.25, 0.3) is 0 Å². The van der Waals surface area contributed by atoms with Gasteiger partial charge in [0.25, 0.3) is 0 Å². The number of likely N-dealkylation sites (tertiary alicyclic amines) is 1. The number of aromatic nitrogens is 3. The predicted octanol–water partition coefficient (Wildman–Crippen LogP) is 2.41. The zero-order chi connectivity index (χ0) is 19.3. The van der Waals surface area contributed by atoms with Crippen molar-refractivity contribution in [1.29, 1.82) is 0 Å². The Morgan fingerprint density at radius 3 is 2.61 bits per heavy atom. The van der Waals surface area contributed by atoms with E-state index in [-0.39, 0.29) is 30.2 Å². The molecule has 1 saturated carbocycles. The highest BCUT2D eigenvalue weighted by atomic mass is 16.2. The zero-order valence-electron chi connectivity index (χ0n) is 16.9. The summed E-state index contributed by atoms with van der Waals surface area (Å²) in [5, 5.41) is 11.8. The van der Waals surface area contributed by atoms with Gasteiger partial charge in [-0.3, -0.25) is 9.59 Å². The van der Waals surface area contributed by atoms with E-state index in [1.165, 1.54) is 25.7 Å². The molecule has 3 heterocycles. The average Bonchev–Trinajstić information content (AvgIpc) is 3.00. The van der Waals surface area contributed by atoms with E-state index < -0.39 is 0 Å². The number of rotatable bonds is 4. The Labute approximate surface area is 167 Å². The highest BCUT2D eigenvalue weighted by molar-refractivity contribution is 5.86. The van der Waals surface area contributed by atoms with Gasteiger partial charge in [-0.25, -0.2) is 0 Å². The summed E-state index contributed by atoms with van der Waals surface area (Å²) >= 11 is 0. The topological polar surface area (TPSA) is 80.1 Å². The molecule has 4 rings (SSSR count). The Morgan fingerprint density at radius 2 is 1.75 bits per heavy atom. The van der Waals surface area contributed by atoms with Crippen LogP contribution >= 0.6 is 0 Å². The molecule has 0 spiro atoms. The predicted molar refractivity (Wildman–Crippen MR) is 106 cm³/mol. The molecular weight excluding hydrogens is 354 g/mol. The maximum absolute atomic E-state index is 12.7. The summed E-state index contributed by atoms with van der Waals surface area (Å²) in [5.74, 6) is 2.61. The molecule has 0 unspecified atom stereocenters. The maximum Gasteiger partial charge on any atom is 0.241 e. The van der Waals surface area contributed by atoms with E-state index in [1.807, 2.05) is 4.90 Å². The smallest absolute Gasteiger partial charge is 0.241 e. The number of hydrogen-bond donors (Lipinski definition) is 1. The molecule has 28 heavy (non-hydrogen) atoms. The standard InChI is InChI=1S/C21H33N5O2/c27-19(14-22-21(28)16-8-3-1-4-9-16)25-12-7-10-17(15-25)20-24-23-18-11-5-2-6-13-26(18)20/h16-17H,1-15H2,(H,22,28)/t17-/m0/s1. The molecule has 3 aliphatic rings. The quantitative estimate of drug-likeness (QED) is 0.860. The molecule has 7 heteroatoms. The number of aryl methyl sites for hydroxylation is 1. The van der Waals surface area contributed by atoms with Gasteiger partial charge in [0.1, 0.15) is 11.6 Å².